The van der Waals surface area contributed by atoms with E-state index in [1.807, 2.05) is 24.6 Å². The van der Waals surface area contributed by atoms with Gasteiger partial charge >= 0.3 is 0 Å². The molecule has 0 unspecified atom stereocenters. The zero-order chi connectivity index (χ0) is 17.5. The molecule has 0 bridgehead atoms. The van der Waals surface area contributed by atoms with Crippen molar-refractivity contribution in [3.8, 4) is 22.8 Å². The summed E-state index contributed by atoms with van der Waals surface area (Å²) in [6, 6.07) is 8.07. The second-order valence-electron chi connectivity index (χ2n) is 6.84. The van der Waals surface area contributed by atoms with Gasteiger partial charge in [-0.25, -0.2) is 0 Å². The molecule has 0 amide bonds. The van der Waals surface area contributed by atoms with Crippen molar-refractivity contribution >= 4 is 21.9 Å². The Morgan fingerprint density at radius 2 is 1.88 bits per heavy atom. The van der Waals surface area contributed by atoms with Crippen LogP contribution in [0.15, 0.2) is 34.9 Å². The molecule has 124 valence electrons. The Bertz CT molecular complexity index is 1220. The van der Waals surface area contributed by atoms with E-state index in [0.29, 0.717) is 11.3 Å². The van der Waals surface area contributed by atoms with Gasteiger partial charge in [0.2, 0.25) is 17.1 Å². The highest BCUT2D eigenvalue weighted by atomic mass is 19.1. The predicted molar refractivity (Wildman–Crippen MR) is 94.6 cm³/mol. The van der Waals surface area contributed by atoms with Gasteiger partial charge < -0.3 is 9.15 Å². The van der Waals surface area contributed by atoms with Crippen molar-refractivity contribution < 1.29 is 18.1 Å². The van der Waals surface area contributed by atoms with E-state index in [2.05, 4.69) is 26.0 Å². The number of ether oxygens (including phenoxy) is 1. The maximum atomic E-state index is 15.1. The van der Waals surface area contributed by atoms with E-state index in [0.717, 1.165) is 33.2 Å². The number of benzene rings is 2. The molecule has 2 aromatic heterocycles. The van der Waals surface area contributed by atoms with Gasteiger partial charge in [0.15, 0.2) is 0 Å². The first-order valence-corrected chi connectivity index (χ1v) is 8.29. The number of hydrogen-bond donors (Lipinski definition) is 0. The Morgan fingerprint density at radius 1 is 1.08 bits per heavy atom. The molecule has 4 aromatic rings. The molecule has 2 aromatic carbocycles. The van der Waals surface area contributed by atoms with Crippen molar-refractivity contribution in [3.63, 3.8) is 0 Å². The highest BCUT2D eigenvalue weighted by molar-refractivity contribution is 6.05. The number of pyridine rings is 1. The highest BCUT2D eigenvalue weighted by Crippen LogP contribution is 2.49. The summed E-state index contributed by atoms with van der Waals surface area (Å²) in [6.07, 6.45) is 1.51. The number of furan rings is 1. The fourth-order valence-electron chi connectivity index (χ4n) is 3.96. The second-order valence-corrected chi connectivity index (χ2v) is 6.84. The van der Waals surface area contributed by atoms with Crippen LogP contribution in [-0.4, -0.2) is 0 Å². The van der Waals surface area contributed by atoms with Crippen molar-refractivity contribution in [1.82, 2.24) is 0 Å². The fourth-order valence-corrected chi connectivity index (χ4v) is 3.96. The summed E-state index contributed by atoms with van der Waals surface area (Å²) >= 11 is 0. The van der Waals surface area contributed by atoms with Gasteiger partial charge in [-0.2, -0.15) is 8.96 Å². The molecule has 0 aliphatic carbocycles. The molecule has 1 aliphatic rings. The number of nitrogens with zero attached hydrogens (tertiary/aromatic N) is 1. The van der Waals surface area contributed by atoms with Gasteiger partial charge in [-0.1, -0.05) is 12.1 Å². The Kier molecular flexibility index (Phi) is 2.66. The molecule has 0 saturated heterocycles. The smallest absolute Gasteiger partial charge is 0.260 e. The summed E-state index contributed by atoms with van der Waals surface area (Å²) in [5.74, 6) is 0.484. The van der Waals surface area contributed by atoms with E-state index >= 15 is 4.39 Å². The van der Waals surface area contributed by atoms with Gasteiger partial charge in [0.1, 0.15) is 12.8 Å². The minimum atomic E-state index is -0.450. The summed E-state index contributed by atoms with van der Waals surface area (Å²) in [4.78, 5) is 0. The third-order valence-corrected chi connectivity index (χ3v) is 5.27. The van der Waals surface area contributed by atoms with E-state index in [1.54, 1.807) is 6.07 Å². The van der Waals surface area contributed by atoms with Crippen LogP contribution in [0.1, 0.15) is 16.7 Å². The lowest BCUT2D eigenvalue weighted by molar-refractivity contribution is -0.634. The minimum Gasteiger partial charge on any atom is -0.455 e. The summed E-state index contributed by atoms with van der Waals surface area (Å²) in [5.41, 5.74) is 6.14. The maximum absolute atomic E-state index is 15.1. The molecule has 5 rings (SSSR count). The van der Waals surface area contributed by atoms with Crippen molar-refractivity contribution in [2.24, 2.45) is 7.05 Å². The molecule has 3 heterocycles. The molecular weight excluding hydrogens is 317 g/mol. The average molecular weight is 334 g/mol. The van der Waals surface area contributed by atoms with Crippen LogP contribution in [0.3, 0.4) is 0 Å². The lowest BCUT2D eigenvalue weighted by Crippen LogP contribution is -2.34. The molecule has 1 aliphatic heterocycles. The topological polar surface area (TPSA) is 26.2 Å². The standard InChI is InChI=1S/C21H17FNO2/c1-10-7-13-9-11(2)12(3)16-17(13)15(8-10)25-21-18(22)20-14(5-6-24-20)23(4)19(16)21/h5-9H,1-4H3/q+1. The van der Waals surface area contributed by atoms with Crippen LogP contribution in [0.5, 0.6) is 11.5 Å². The van der Waals surface area contributed by atoms with Gasteiger partial charge in [0.05, 0.1) is 11.8 Å². The monoisotopic (exact) mass is 334 g/mol. The number of aryl methyl sites for hydroxylation is 3. The number of fused-ring (bicyclic) bond motifs is 3. The lowest BCUT2D eigenvalue weighted by Gasteiger charge is -2.22. The molecule has 3 nitrogen and oxygen atoms in total. The van der Waals surface area contributed by atoms with Crippen LogP contribution in [-0.2, 0) is 7.05 Å². The number of aromatic nitrogens is 1. The largest absolute Gasteiger partial charge is 0.455 e. The lowest BCUT2D eigenvalue weighted by atomic mass is 9.90. The third kappa shape index (κ3) is 1.71. The number of hydrogen-bond acceptors (Lipinski definition) is 2. The number of rotatable bonds is 0. The van der Waals surface area contributed by atoms with E-state index in [9.17, 15) is 0 Å². The third-order valence-electron chi connectivity index (χ3n) is 5.27. The Balaban J connectivity index is 2.07. The predicted octanol–water partition coefficient (Wildman–Crippen LogP) is 5.25. The first kappa shape index (κ1) is 14.5. The Labute approximate surface area is 144 Å². The number of halogens is 1. The van der Waals surface area contributed by atoms with Crippen LogP contribution in [0.2, 0.25) is 0 Å². The zero-order valence-electron chi connectivity index (χ0n) is 14.5. The van der Waals surface area contributed by atoms with Crippen LogP contribution in [0.4, 0.5) is 4.39 Å². The van der Waals surface area contributed by atoms with Gasteiger partial charge in [-0.3, -0.25) is 0 Å². The second kappa shape index (κ2) is 4.60. The van der Waals surface area contributed by atoms with Gasteiger partial charge in [0, 0.05) is 11.5 Å². The van der Waals surface area contributed by atoms with Crippen LogP contribution in [0.25, 0.3) is 33.1 Å². The minimum absolute atomic E-state index is 0.221. The Hall–Kier alpha value is -2.88. The molecule has 0 N–H and O–H groups in total. The maximum Gasteiger partial charge on any atom is 0.260 e. The first-order chi connectivity index (χ1) is 12.0. The average Bonchev–Trinajstić information content (AvgIpc) is 3.06. The van der Waals surface area contributed by atoms with Crippen LogP contribution in [0, 0.1) is 26.6 Å². The van der Waals surface area contributed by atoms with Gasteiger partial charge in [-0.05, 0) is 48.9 Å². The SMILES string of the molecule is Cc1cc2c3c(c(C)c(C)cc3c1)-c1c(c(F)c3occc3[n+]1C)O2. The molecule has 0 radical (unpaired) electrons. The van der Waals surface area contributed by atoms with Crippen LogP contribution >= 0.6 is 0 Å². The quantitative estimate of drug-likeness (QED) is 0.362. The van der Waals surface area contributed by atoms with E-state index in [1.165, 1.54) is 11.8 Å². The first-order valence-electron chi connectivity index (χ1n) is 8.29. The molecule has 0 spiro atoms. The van der Waals surface area contributed by atoms with Crippen LogP contribution < -0.4 is 9.30 Å². The van der Waals surface area contributed by atoms with Crippen molar-refractivity contribution in [1.29, 1.82) is 0 Å². The van der Waals surface area contributed by atoms with Gasteiger partial charge in [0.25, 0.3) is 11.2 Å². The normalized spacial score (nSPS) is 12.5. The van der Waals surface area contributed by atoms with Gasteiger partial charge in [-0.15, -0.1) is 0 Å². The van der Waals surface area contributed by atoms with Crippen molar-refractivity contribution in [3.05, 3.63) is 53.0 Å². The van der Waals surface area contributed by atoms with E-state index in [-0.39, 0.29) is 11.3 Å². The molecule has 4 heteroatoms. The highest BCUT2D eigenvalue weighted by Gasteiger charge is 2.36. The van der Waals surface area contributed by atoms with E-state index in [4.69, 9.17) is 9.15 Å². The van der Waals surface area contributed by atoms with Crippen molar-refractivity contribution in [2.75, 3.05) is 0 Å². The van der Waals surface area contributed by atoms with E-state index < -0.39 is 5.82 Å². The zero-order valence-corrected chi connectivity index (χ0v) is 14.5. The summed E-state index contributed by atoms with van der Waals surface area (Å²) in [6.45, 7) is 6.20. The molecule has 25 heavy (non-hydrogen) atoms. The molecule has 0 atom stereocenters. The van der Waals surface area contributed by atoms with Crippen molar-refractivity contribution in [2.45, 2.75) is 20.8 Å². The molecular formula is C21H17FNO2+. The summed E-state index contributed by atoms with van der Waals surface area (Å²) in [5, 5.41) is 2.16. The molecule has 0 saturated carbocycles. The Morgan fingerprint density at radius 3 is 2.68 bits per heavy atom. The fraction of sp³-hybridized carbons (Fsp3) is 0.190. The summed E-state index contributed by atoms with van der Waals surface area (Å²) in [7, 11) is 1.92. The molecule has 0 fully saturated rings. The summed E-state index contributed by atoms with van der Waals surface area (Å²) < 4.78 is 28.5.